The fourth-order valence-corrected chi connectivity index (χ4v) is 2.41. The number of phenolic OH excluding ortho intramolecular Hbond substituents is 1. The fraction of sp³-hybridized carbons (Fsp3) is 0.125. The van der Waals surface area contributed by atoms with Crippen molar-refractivity contribution < 1.29 is 19.4 Å². The quantitative estimate of drug-likeness (QED) is 0.636. The maximum Gasteiger partial charge on any atom is 0.342 e. The van der Waals surface area contributed by atoms with Gasteiger partial charge in [0.15, 0.2) is 6.61 Å². The molecular weight excluding hydrogens is 338 g/mol. The van der Waals surface area contributed by atoms with Gasteiger partial charge in [0.05, 0.1) is 0 Å². The first kappa shape index (κ1) is 17.2. The number of carbonyl (C=O) groups is 2. The van der Waals surface area contributed by atoms with Crippen molar-refractivity contribution in [1.82, 2.24) is 0 Å². The van der Waals surface area contributed by atoms with Crippen molar-refractivity contribution in [3.05, 3.63) is 53.1 Å². The molecule has 2 aromatic carbocycles. The Morgan fingerprint density at radius 3 is 2.78 bits per heavy atom. The van der Waals surface area contributed by atoms with E-state index in [0.29, 0.717) is 5.69 Å². The number of phenols is 1. The number of ether oxygens (including phenoxy) is 1. The minimum absolute atomic E-state index is 0.0883. The minimum atomic E-state index is -0.821. The van der Waals surface area contributed by atoms with Gasteiger partial charge in [-0.15, -0.1) is 11.8 Å². The molecule has 0 heterocycles. The zero-order chi connectivity index (χ0) is 16.8. The standard InChI is InChI=1S/C16H14ClNO4S/c1-23-12-4-2-3-11(8-12)18-15(20)9-22-16(21)13-7-10(17)5-6-14(13)19/h2-8,19H,9H2,1H3,(H,18,20). The van der Waals surface area contributed by atoms with E-state index in [-0.39, 0.29) is 16.3 Å². The van der Waals surface area contributed by atoms with E-state index < -0.39 is 18.5 Å². The third-order valence-electron chi connectivity index (χ3n) is 2.87. The summed E-state index contributed by atoms with van der Waals surface area (Å²) in [6, 6.07) is 11.3. The Morgan fingerprint density at radius 1 is 1.26 bits per heavy atom. The molecule has 0 aromatic heterocycles. The minimum Gasteiger partial charge on any atom is -0.507 e. The van der Waals surface area contributed by atoms with E-state index in [1.165, 1.54) is 18.2 Å². The summed E-state index contributed by atoms with van der Waals surface area (Å²) in [6.07, 6.45) is 1.93. The Hall–Kier alpha value is -2.18. The Bertz CT molecular complexity index is 736. The van der Waals surface area contributed by atoms with Gasteiger partial charge in [0.1, 0.15) is 11.3 Å². The molecular formula is C16H14ClNO4S. The molecule has 2 N–H and O–H groups in total. The molecule has 0 saturated heterocycles. The maximum absolute atomic E-state index is 11.9. The first-order valence-corrected chi connectivity index (χ1v) is 8.19. The monoisotopic (exact) mass is 351 g/mol. The van der Waals surface area contributed by atoms with Gasteiger partial charge in [-0.05, 0) is 42.7 Å². The van der Waals surface area contributed by atoms with Gasteiger partial charge in [0.2, 0.25) is 0 Å². The third-order valence-corrected chi connectivity index (χ3v) is 3.83. The molecule has 23 heavy (non-hydrogen) atoms. The molecule has 120 valence electrons. The second-order valence-electron chi connectivity index (χ2n) is 4.52. The van der Waals surface area contributed by atoms with Crippen LogP contribution in [0.1, 0.15) is 10.4 Å². The highest BCUT2D eigenvalue weighted by molar-refractivity contribution is 7.98. The molecule has 2 aromatic rings. The van der Waals surface area contributed by atoms with Crippen molar-refractivity contribution in [2.45, 2.75) is 4.90 Å². The van der Waals surface area contributed by atoms with Crippen molar-refractivity contribution in [2.75, 3.05) is 18.2 Å². The van der Waals surface area contributed by atoms with Crippen LogP contribution < -0.4 is 5.32 Å². The second kappa shape index (κ2) is 7.89. The highest BCUT2D eigenvalue weighted by Crippen LogP contribution is 2.22. The Labute approximate surface area is 142 Å². The second-order valence-corrected chi connectivity index (χ2v) is 5.83. The largest absolute Gasteiger partial charge is 0.507 e. The van der Waals surface area contributed by atoms with Gasteiger partial charge >= 0.3 is 5.97 Å². The van der Waals surface area contributed by atoms with Gasteiger partial charge in [-0.25, -0.2) is 4.79 Å². The molecule has 5 nitrogen and oxygen atoms in total. The lowest BCUT2D eigenvalue weighted by Gasteiger charge is -2.08. The molecule has 0 radical (unpaired) electrons. The number of hydrogen-bond donors (Lipinski definition) is 2. The summed E-state index contributed by atoms with van der Waals surface area (Å²) in [5, 5.41) is 12.5. The van der Waals surface area contributed by atoms with E-state index in [1.54, 1.807) is 17.8 Å². The van der Waals surface area contributed by atoms with Gasteiger partial charge < -0.3 is 15.2 Å². The van der Waals surface area contributed by atoms with Crippen LogP contribution in [-0.2, 0) is 9.53 Å². The van der Waals surface area contributed by atoms with Gasteiger partial charge in [-0.2, -0.15) is 0 Å². The van der Waals surface area contributed by atoms with Gasteiger partial charge in [-0.3, -0.25) is 4.79 Å². The van der Waals surface area contributed by atoms with E-state index in [4.69, 9.17) is 16.3 Å². The highest BCUT2D eigenvalue weighted by Gasteiger charge is 2.15. The lowest BCUT2D eigenvalue weighted by molar-refractivity contribution is -0.119. The molecule has 0 aliphatic rings. The van der Waals surface area contributed by atoms with E-state index in [2.05, 4.69) is 5.32 Å². The number of thioether (sulfide) groups is 1. The molecule has 0 saturated carbocycles. The van der Waals surface area contributed by atoms with Gasteiger partial charge in [0.25, 0.3) is 5.91 Å². The fourth-order valence-electron chi connectivity index (χ4n) is 1.78. The van der Waals surface area contributed by atoms with Crippen LogP contribution in [0, 0.1) is 0 Å². The van der Waals surface area contributed by atoms with Crippen molar-refractivity contribution in [1.29, 1.82) is 0 Å². The van der Waals surface area contributed by atoms with Crippen LogP contribution in [0.3, 0.4) is 0 Å². The number of aromatic hydroxyl groups is 1. The van der Waals surface area contributed by atoms with Crippen LogP contribution in [-0.4, -0.2) is 29.8 Å². The number of halogens is 1. The molecule has 0 atom stereocenters. The number of esters is 1. The van der Waals surface area contributed by atoms with E-state index in [0.717, 1.165) is 4.90 Å². The number of hydrogen-bond acceptors (Lipinski definition) is 5. The number of rotatable bonds is 5. The molecule has 0 spiro atoms. The van der Waals surface area contributed by atoms with E-state index in [9.17, 15) is 14.7 Å². The van der Waals surface area contributed by atoms with Gasteiger partial charge in [-0.1, -0.05) is 17.7 Å². The van der Waals surface area contributed by atoms with Crippen molar-refractivity contribution in [2.24, 2.45) is 0 Å². The average Bonchev–Trinajstić information content (AvgIpc) is 2.55. The summed E-state index contributed by atoms with van der Waals surface area (Å²) in [4.78, 5) is 24.7. The highest BCUT2D eigenvalue weighted by atomic mass is 35.5. The Morgan fingerprint density at radius 2 is 2.04 bits per heavy atom. The average molecular weight is 352 g/mol. The molecule has 0 aliphatic heterocycles. The molecule has 0 fully saturated rings. The number of anilines is 1. The lowest BCUT2D eigenvalue weighted by Crippen LogP contribution is -2.21. The number of carbonyl (C=O) groups excluding carboxylic acids is 2. The molecule has 2 rings (SSSR count). The van der Waals surface area contributed by atoms with E-state index in [1.807, 2.05) is 24.5 Å². The summed E-state index contributed by atoms with van der Waals surface area (Å²) >= 11 is 7.31. The molecule has 1 amide bonds. The van der Waals surface area contributed by atoms with Crippen LogP contribution in [0.2, 0.25) is 5.02 Å². The predicted octanol–water partition coefficient (Wildman–Crippen LogP) is 3.56. The van der Waals surface area contributed by atoms with Crippen LogP contribution in [0.15, 0.2) is 47.4 Å². The molecule has 0 unspecified atom stereocenters. The number of amides is 1. The maximum atomic E-state index is 11.9. The molecule has 7 heteroatoms. The summed E-state index contributed by atoms with van der Waals surface area (Å²) in [5.74, 6) is -1.55. The van der Waals surface area contributed by atoms with Crippen LogP contribution in [0.4, 0.5) is 5.69 Å². The van der Waals surface area contributed by atoms with Crippen LogP contribution >= 0.6 is 23.4 Å². The smallest absolute Gasteiger partial charge is 0.342 e. The van der Waals surface area contributed by atoms with Crippen molar-refractivity contribution in [3.63, 3.8) is 0 Å². The number of benzene rings is 2. The Balaban J connectivity index is 1.93. The SMILES string of the molecule is CSc1cccc(NC(=O)COC(=O)c2cc(Cl)ccc2O)c1. The first-order chi connectivity index (χ1) is 11.0. The lowest BCUT2D eigenvalue weighted by atomic mass is 10.2. The van der Waals surface area contributed by atoms with Crippen LogP contribution in [0.25, 0.3) is 0 Å². The van der Waals surface area contributed by atoms with Crippen LogP contribution in [0.5, 0.6) is 5.75 Å². The number of nitrogens with one attached hydrogen (secondary N) is 1. The zero-order valence-corrected chi connectivity index (χ0v) is 13.8. The Kier molecular flexibility index (Phi) is 5.90. The van der Waals surface area contributed by atoms with Crippen molar-refractivity contribution >= 4 is 40.9 Å². The zero-order valence-electron chi connectivity index (χ0n) is 12.2. The normalized spacial score (nSPS) is 10.2. The van der Waals surface area contributed by atoms with Crippen molar-refractivity contribution in [3.8, 4) is 5.75 Å². The first-order valence-electron chi connectivity index (χ1n) is 6.59. The topological polar surface area (TPSA) is 75.6 Å². The summed E-state index contributed by atoms with van der Waals surface area (Å²) < 4.78 is 4.88. The summed E-state index contributed by atoms with van der Waals surface area (Å²) in [6.45, 7) is -0.464. The summed E-state index contributed by atoms with van der Waals surface area (Å²) in [5.41, 5.74) is 0.526. The predicted molar refractivity (Wildman–Crippen MR) is 90.3 cm³/mol. The molecule has 0 bridgehead atoms. The summed E-state index contributed by atoms with van der Waals surface area (Å²) in [7, 11) is 0. The van der Waals surface area contributed by atoms with E-state index >= 15 is 0 Å². The van der Waals surface area contributed by atoms with Gasteiger partial charge in [0, 0.05) is 15.6 Å². The third kappa shape index (κ3) is 4.91. The molecule has 0 aliphatic carbocycles.